The highest BCUT2D eigenvalue weighted by atomic mass is 33.1. The lowest BCUT2D eigenvalue weighted by atomic mass is 9.87. The van der Waals surface area contributed by atoms with Crippen LogP contribution < -0.4 is 50.3 Å². The summed E-state index contributed by atoms with van der Waals surface area (Å²) >= 11 is 0. The van der Waals surface area contributed by atoms with Crippen LogP contribution in [0.1, 0.15) is 123 Å². The summed E-state index contributed by atoms with van der Waals surface area (Å²) in [6.45, 7) is 28.0. The van der Waals surface area contributed by atoms with Crippen LogP contribution in [0.15, 0.2) is 156 Å². The maximum Gasteiger partial charge on any atom is 0.134 e. The fraction of sp³-hybridized carbons (Fsp3) is 0.548. The molecule has 4 saturated heterocycles. The first-order valence-electron chi connectivity index (χ1n) is 43.4. The lowest BCUT2D eigenvalue weighted by Crippen LogP contribution is -2.49. The van der Waals surface area contributed by atoms with E-state index in [2.05, 4.69) is 74.2 Å². The Morgan fingerprint density at radius 1 is 0.431 bits per heavy atom. The Morgan fingerprint density at radius 3 is 1.15 bits per heavy atom. The van der Waals surface area contributed by atoms with Crippen LogP contribution >= 0.6 is 43.2 Å². The number of ether oxygens (including phenoxy) is 5. The quantitative estimate of drug-likeness (QED) is 0.0197. The van der Waals surface area contributed by atoms with Crippen molar-refractivity contribution in [2.45, 2.75) is 227 Å². The van der Waals surface area contributed by atoms with E-state index in [-0.39, 0.29) is 41.6 Å². The number of rotatable bonds is 24. The number of furan rings is 5. The molecule has 30 heteroatoms. The van der Waals surface area contributed by atoms with Gasteiger partial charge >= 0.3 is 0 Å². The van der Waals surface area contributed by atoms with Gasteiger partial charge in [-0.3, -0.25) is 0 Å². The summed E-state index contributed by atoms with van der Waals surface area (Å²) in [6, 6.07) is 29.9. The number of fused-ring (bicyclic) bond motifs is 10. The number of nitrogens with one attached hydrogen (secondary N) is 5. The molecule has 0 bridgehead atoms. The van der Waals surface area contributed by atoms with Crippen LogP contribution in [0.4, 0.5) is 0 Å². The minimum absolute atomic E-state index is 0.167. The summed E-state index contributed by atoms with van der Waals surface area (Å²) < 4.78 is 57.0. The second kappa shape index (κ2) is 37.9. The fourth-order valence-electron chi connectivity index (χ4n) is 18.5. The summed E-state index contributed by atoms with van der Waals surface area (Å²) in [5.74, 6) is 6.98. The Balaban J connectivity index is 0.000000114. The predicted molar refractivity (Wildman–Crippen MR) is 483 cm³/mol. The molecule has 26 nitrogen and oxygen atoms in total. The first-order chi connectivity index (χ1) is 58.9. The van der Waals surface area contributed by atoms with E-state index < -0.39 is 41.6 Å². The minimum atomic E-state index is -0.618. The van der Waals surface area contributed by atoms with Gasteiger partial charge in [-0.25, -0.2) is 0 Å². The standard InChI is InChI=1S/C21H30N2O4.C21H28N2O4.C18H23NO3S2.C17H22N2O4.C16H19NO3S2/c2*1-20(2)10-15(21(3,4)23(20)25)11-22-12-16(24)19-9-14-8-17-13(5-6-26-17)7-18(14)27-19;1-18(2)10-23-24-17(18)9-19-8-13(20)16-7-12-6-14-11(3-4-21-14)5-15(12)22-16;20-14(10-18-13-1-4-19(21)5-2-13)17-9-12-8-15-11(3-6-22-15)7-16(12)23-17;18-13(9-17-8-12-2-4-21-22-12)16-7-11-6-14-10(1-3-19-14)5-15(11)20-16/h5-8,15-16,19,22,24-25H,9-12H2,1-4H3;5-8,10,16,19,22,24-25H,9,11-12H2,1-4H3;3-6,13,16-17,19-20H,7-10H2,1-2H3;3,6-8,13-14,17-18,20-21H,1-2,4-5,9-10H2;1,3,5-6,12-13,16-18H,2,4,7-9H2. The van der Waals surface area contributed by atoms with Gasteiger partial charge in [0, 0.05) is 191 Å². The number of benzene rings is 5. The molecule has 10 aliphatic rings. The second-order valence-electron chi connectivity index (χ2n) is 37.5. The van der Waals surface area contributed by atoms with Crippen molar-refractivity contribution in [2.75, 3.05) is 83.5 Å². The molecule has 10 aromatic rings. The molecule has 13 unspecified atom stereocenters. The minimum Gasteiger partial charge on any atom is -0.487 e. The van der Waals surface area contributed by atoms with Crippen molar-refractivity contribution in [3.05, 3.63) is 162 Å². The van der Waals surface area contributed by atoms with E-state index in [9.17, 15) is 41.2 Å². The Kier molecular flexibility index (Phi) is 27.7. The van der Waals surface area contributed by atoms with E-state index in [1.54, 1.807) is 31.3 Å². The monoisotopic (exact) mass is 1770 g/mol. The molecule has 13 atom stereocenters. The van der Waals surface area contributed by atoms with Gasteiger partial charge in [0.05, 0.1) is 42.4 Å². The molecule has 20 rings (SSSR count). The number of hydrogen-bond donors (Lipinski definition) is 13. The number of piperidine rings is 1. The summed E-state index contributed by atoms with van der Waals surface area (Å²) in [5.41, 5.74) is 9.88. The molecule has 123 heavy (non-hydrogen) atoms. The number of hydrogen-bond acceptors (Lipinski definition) is 30. The lowest BCUT2D eigenvalue weighted by molar-refractivity contribution is -0.196. The molecule has 0 radical (unpaired) electrons. The summed E-state index contributed by atoms with van der Waals surface area (Å²) in [5, 5.41) is 110. The molecule has 13 N–H and O–H groups in total. The molecular formula is C93H122N8O18S4. The molecule has 0 saturated carbocycles. The van der Waals surface area contributed by atoms with Crippen LogP contribution in [0.2, 0.25) is 0 Å². The zero-order valence-electron chi connectivity index (χ0n) is 71.9. The molecule has 0 spiro atoms. The topological polar surface area (TPSA) is 344 Å². The van der Waals surface area contributed by atoms with Gasteiger partial charge in [-0.05, 0) is 196 Å². The van der Waals surface area contributed by atoms with Crippen LogP contribution in [-0.4, -0.2) is 240 Å². The van der Waals surface area contributed by atoms with Gasteiger partial charge in [-0.1, -0.05) is 63.1 Å². The smallest absolute Gasteiger partial charge is 0.134 e. The maximum atomic E-state index is 10.6. The van der Waals surface area contributed by atoms with Gasteiger partial charge in [0.2, 0.25) is 0 Å². The molecule has 4 fully saturated rings. The number of nitrogens with zero attached hydrogens (tertiary/aromatic N) is 3. The van der Waals surface area contributed by atoms with Crippen molar-refractivity contribution in [2.24, 2.45) is 11.3 Å². The van der Waals surface area contributed by atoms with E-state index in [1.165, 1.54) is 33.1 Å². The maximum absolute atomic E-state index is 10.6. The number of aliphatic hydroxyl groups excluding tert-OH is 5. The van der Waals surface area contributed by atoms with Crippen molar-refractivity contribution in [3.63, 3.8) is 0 Å². The molecule has 15 heterocycles. The summed E-state index contributed by atoms with van der Waals surface area (Å²) in [4.78, 5) is 0. The highest BCUT2D eigenvalue weighted by Gasteiger charge is 2.51. The van der Waals surface area contributed by atoms with E-state index in [4.69, 9.17) is 45.8 Å². The third kappa shape index (κ3) is 20.6. The SMILES string of the molecule is CC1(C)C=C(CNCC(O)C2Cc3cc4occc4cc3O2)C(C)(C)N1O.CC1(C)CC(CNCC(O)C2Cc3cc4occc4cc3O2)C(C)(C)N1O.CC1(C)CSSC1CNCC(O)C1Cc2cc3occc3cc2O1.OC(CNC1CCN(O)CC1)C1Cc2cc3occc3cc2O1.OC(CNCC1CCSS1)C1Cc2cc3occc3cc2O1. The fourth-order valence-corrected chi connectivity index (χ4v) is 25.4. The van der Waals surface area contributed by atoms with Crippen molar-refractivity contribution in [3.8, 4) is 28.7 Å². The van der Waals surface area contributed by atoms with Crippen LogP contribution in [0, 0.1) is 11.3 Å². The molecule has 666 valence electrons. The van der Waals surface area contributed by atoms with Gasteiger partial charge < -0.3 is 114 Å². The molecule has 5 aromatic heterocycles. The highest BCUT2D eigenvalue weighted by molar-refractivity contribution is 8.77. The largest absolute Gasteiger partial charge is 0.487 e. The number of aliphatic hydroxyl groups is 5. The third-order valence-electron chi connectivity index (χ3n) is 26.2. The van der Waals surface area contributed by atoms with Crippen molar-refractivity contribution < 1.29 is 86.9 Å². The van der Waals surface area contributed by atoms with Gasteiger partial charge in [0.1, 0.15) is 118 Å². The normalized spacial score (nSPS) is 25.6. The van der Waals surface area contributed by atoms with E-state index >= 15 is 0 Å². The lowest BCUT2D eigenvalue weighted by Gasteiger charge is -2.36. The first-order valence-corrected chi connectivity index (χ1v) is 48.2. The van der Waals surface area contributed by atoms with Crippen molar-refractivity contribution in [1.82, 2.24) is 41.8 Å². The van der Waals surface area contributed by atoms with E-state index in [0.717, 1.165) is 169 Å². The van der Waals surface area contributed by atoms with Crippen LogP contribution in [0.3, 0.4) is 0 Å². The molecular weight excluding hydrogens is 1650 g/mol. The van der Waals surface area contributed by atoms with Crippen LogP contribution in [0.25, 0.3) is 54.8 Å². The Labute approximate surface area is 734 Å². The number of hydroxylamine groups is 6. The first kappa shape index (κ1) is 89.7. The Morgan fingerprint density at radius 2 is 0.805 bits per heavy atom. The van der Waals surface area contributed by atoms with Crippen LogP contribution in [-0.2, 0) is 32.1 Å². The zero-order chi connectivity index (χ0) is 86.3. The average molecular weight is 1770 g/mol. The van der Waals surface area contributed by atoms with Gasteiger partial charge in [0.15, 0.2) is 0 Å². The summed E-state index contributed by atoms with van der Waals surface area (Å²) in [7, 11) is 7.79. The second-order valence-corrected chi connectivity index (χ2v) is 42.9. The Hall–Kier alpha value is -6.70. The predicted octanol–water partition coefficient (Wildman–Crippen LogP) is 13.7. The molecule has 10 aliphatic heterocycles. The third-order valence-corrected chi connectivity index (χ3v) is 32.6. The average Bonchev–Trinajstić information content (AvgIpc) is 1.62. The van der Waals surface area contributed by atoms with Crippen molar-refractivity contribution in [1.29, 1.82) is 0 Å². The Bertz CT molecular complexity index is 5060. The van der Waals surface area contributed by atoms with Gasteiger partial charge in [-0.2, -0.15) is 15.2 Å². The summed E-state index contributed by atoms with van der Waals surface area (Å²) in [6.07, 6.45) is 14.1. The van der Waals surface area contributed by atoms with E-state index in [0.29, 0.717) is 99.5 Å². The highest BCUT2D eigenvalue weighted by Crippen LogP contribution is 2.50. The van der Waals surface area contributed by atoms with Crippen molar-refractivity contribution >= 4 is 98.0 Å². The molecule has 0 amide bonds. The van der Waals surface area contributed by atoms with Gasteiger partial charge in [-0.15, -0.1) is 0 Å². The molecule has 0 aliphatic carbocycles. The van der Waals surface area contributed by atoms with Crippen LogP contribution in [0.5, 0.6) is 28.7 Å². The molecule has 5 aromatic carbocycles. The van der Waals surface area contributed by atoms with E-state index in [1.807, 2.05) is 162 Å². The van der Waals surface area contributed by atoms with Gasteiger partial charge in [0.25, 0.3) is 0 Å². The zero-order valence-corrected chi connectivity index (χ0v) is 75.2.